The second-order valence-corrected chi connectivity index (χ2v) is 3.17. The van der Waals surface area contributed by atoms with Crippen molar-refractivity contribution in [1.29, 1.82) is 0 Å². The van der Waals surface area contributed by atoms with E-state index in [2.05, 4.69) is 20.9 Å². The van der Waals surface area contributed by atoms with Crippen LogP contribution in [0.25, 0.3) is 11.1 Å². The zero-order chi connectivity index (χ0) is 9.26. The molecule has 0 saturated heterocycles. The second kappa shape index (κ2) is 3.30. The van der Waals surface area contributed by atoms with Crippen molar-refractivity contribution >= 4 is 33.3 Å². The van der Waals surface area contributed by atoms with Gasteiger partial charge in [0.05, 0.1) is 0 Å². The van der Waals surface area contributed by atoms with E-state index < -0.39 is 0 Å². The maximum atomic E-state index is 10.4. The number of hydrogen-bond donors (Lipinski definition) is 0. The average molecular weight is 240 g/mol. The molecule has 0 atom stereocenters. The molecular weight excluding hydrogens is 234 g/mol. The van der Waals surface area contributed by atoms with E-state index >= 15 is 0 Å². The first-order valence-electron chi connectivity index (χ1n) is 3.74. The van der Waals surface area contributed by atoms with Crippen LogP contribution in [-0.2, 0) is 5.33 Å². The van der Waals surface area contributed by atoms with Crippen LogP contribution in [0.4, 0.5) is 0 Å². The Morgan fingerprint density at radius 3 is 3.08 bits per heavy atom. The summed E-state index contributed by atoms with van der Waals surface area (Å²) in [4.78, 5) is 14.3. The number of halogens is 1. The van der Waals surface area contributed by atoms with Crippen LogP contribution in [0.15, 0.2) is 22.6 Å². The van der Waals surface area contributed by atoms with Crippen molar-refractivity contribution in [3.8, 4) is 0 Å². The fraction of sp³-hybridized carbons (Fsp3) is 0.111. The summed E-state index contributed by atoms with van der Waals surface area (Å²) in [5.74, 6) is 0.127. The van der Waals surface area contributed by atoms with E-state index in [0.29, 0.717) is 11.9 Å². The van der Waals surface area contributed by atoms with Crippen LogP contribution < -0.4 is 0 Å². The Balaban J connectivity index is 2.63. The van der Waals surface area contributed by atoms with Gasteiger partial charge in [0, 0.05) is 5.33 Å². The molecule has 0 aliphatic heterocycles. The highest BCUT2D eigenvalue weighted by Gasteiger charge is 2.04. The summed E-state index contributed by atoms with van der Waals surface area (Å²) < 4.78 is 5.12. The molecule has 0 fully saturated rings. The summed E-state index contributed by atoms with van der Waals surface area (Å²) in [6.07, 6.45) is 0.605. The van der Waals surface area contributed by atoms with Crippen molar-refractivity contribution in [2.45, 2.75) is 5.33 Å². The molecule has 0 radical (unpaired) electrons. The van der Waals surface area contributed by atoms with E-state index in [4.69, 9.17) is 4.42 Å². The number of fused-ring (bicyclic) bond motifs is 1. The molecule has 0 aliphatic rings. The first-order valence-corrected chi connectivity index (χ1v) is 4.86. The highest BCUT2D eigenvalue weighted by Crippen LogP contribution is 2.17. The molecule has 2 rings (SSSR count). The largest absolute Gasteiger partial charge is 0.434 e. The van der Waals surface area contributed by atoms with Crippen LogP contribution in [0.2, 0.25) is 0 Å². The van der Waals surface area contributed by atoms with Crippen LogP contribution >= 0.6 is 15.9 Å². The number of carbonyl (C=O) groups excluding carboxylic acids is 1. The number of benzene rings is 1. The van der Waals surface area contributed by atoms with Crippen molar-refractivity contribution in [3.63, 3.8) is 0 Å². The Morgan fingerprint density at radius 1 is 1.54 bits per heavy atom. The van der Waals surface area contributed by atoms with Gasteiger partial charge in [-0.25, -0.2) is 4.98 Å². The van der Waals surface area contributed by atoms with Crippen molar-refractivity contribution in [2.24, 2.45) is 0 Å². The van der Waals surface area contributed by atoms with Gasteiger partial charge in [-0.15, -0.1) is 0 Å². The number of alkyl halides is 1. The van der Waals surface area contributed by atoms with Crippen molar-refractivity contribution in [2.75, 3.05) is 0 Å². The van der Waals surface area contributed by atoms with Gasteiger partial charge in [-0.2, -0.15) is 0 Å². The fourth-order valence-electron chi connectivity index (χ4n) is 1.12. The van der Waals surface area contributed by atoms with Crippen LogP contribution in [0.3, 0.4) is 0 Å². The fourth-order valence-corrected chi connectivity index (χ4v) is 1.47. The lowest BCUT2D eigenvalue weighted by Gasteiger charge is -1.91. The zero-order valence-electron chi connectivity index (χ0n) is 6.66. The van der Waals surface area contributed by atoms with Crippen molar-refractivity contribution in [3.05, 3.63) is 29.7 Å². The SMILES string of the molecule is O=Cc1nc2cc(CBr)ccc2o1. The van der Waals surface area contributed by atoms with Gasteiger partial charge in [-0.3, -0.25) is 4.79 Å². The van der Waals surface area contributed by atoms with Crippen LogP contribution in [0.1, 0.15) is 16.2 Å². The number of oxazole rings is 1. The van der Waals surface area contributed by atoms with E-state index in [1.54, 1.807) is 0 Å². The lowest BCUT2D eigenvalue weighted by molar-refractivity contribution is 0.109. The molecule has 0 spiro atoms. The highest BCUT2D eigenvalue weighted by molar-refractivity contribution is 9.08. The van der Waals surface area contributed by atoms with Gasteiger partial charge in [-0.1, -0.05) is 22.0 Å². The molecule has 0 bridgehead atoms. The minimum atomic E-state index is 0.127. The molecule has 0 unspecified atom stereocenters. The van der Waals surface area contributed by atoms with Crippen molar-refractivity contribution < 1.29 is 9.21 Å². The van der Waals surface area contributed by atoms with Crippen molar-refractivity contribution in [1.82, 2.24) is 4.98 Å². The summed E-state index contributed by atoms with van der Waals surface area (Å²) in [7, 11) is 0. The normalized spacial score (nSPS) is 10.5. The number of nitrogens with zero attached hydrogens (tertiary/aromatic N) is 1. The molecule has 3 nitrogen and oxygen atoms in total. The Bertz CT molecular complexity index is 450. The molecule has 0 amide bonds. The molecule has 4 heteroatoms. The summed E-state index contributed by atoms with van der Waals surface area (Å²) in [5.41, 5.74) is 2.48. The first kappa shape index (κ1) is 8.44. The van der Waals surface area contributed by atoms with Gasteiger partial charge in [0.25, 0.3) is 5.89 Å². The van der Waals surface area contributed by atoms with E-state index in [1.165, 1.54) is 0 Å². The Hall–Kier alpha value is -1.16. The molecule has 1 aromatic carbocycles. The third-order valence-electron chi connectivity index (χ3n) is 1.72. The van der Waals surface area contributed by atoms with E-state index in [9.17, 15) is 4.79 Å². The summed E-state index contributed by atoms with van der Waals surface area (Å²) in [5, 5.41) is 0.770. The number of aromatic nitrogens is 1. The highest BCUT2D eigenvalue weighted by atomic mass is 79.9. The molecule has 0 N–H and O–H groups in total. The van der Waals surface area contributed by atoms with Crippen LogP contribution in [-0.4, -0.2) is 11.3 Å². The molecular formula is C9H6BrNO2. The Morgan fingerprint density at radius 2 is 2.38 bits per heavy atom. The minimum Gasteiger partial charge on any atom is -0.434 e. The first-order chi connectivity index (χ1) is 6.33. The minimum absolute atomic E-state index is 0.127. The standard InChI is InChI=1S/C9H6BrNO2/c10-4-6-1-2-8-7(3-6)11-9(5-12)13-8/h1-3,5H,4H2. The van der Waals surface area contributed by atoms with Gasteiger partial charge >= 0.3 is 0 Å². The monoisotopic (exact) mass is 239 g/mol. The lowest BCUT2D eigenvalue weighted by Crippen LogP contribution is -1.77. The molecule has 13 heavy (non-hydrogen) atoms. The smallest absolute Gasteiger partial charge is 0.260 e. The molecule has 2 aromatic rings. The average Bonchev–Trinajstić information content (AvgIpc) is 2.58. The summed E-state index contributed by atoms with van der Waals surface area (Å²) in [6.45, 7) is 0. The molecule has 1 aromatic heterocycles. The number of aldehydes is 1. The predicted octanol–water partition coefficient (Wildman–Crippen LogP) is 2.54. The molecule has 0 saturated carbocycles. The number of rotatable bonds is 2. The second-order valence-electron chi connectivity index (χ2n) is 2.61. The van der Waals surface area contributed by atoms with Gasteiger partial charge in [0.1, 0.15) is 5.52 Å². The molecule has 0 aliphatic carbocycles. The summed E-state index contributed by atoms with van der Waals surface area (Å²) >= 11 is 3.34. The van der Waals surface area contributed by atoms with E-state index in [-0.39, 0.29) is 5.89 Å². The van der Waals surface area contributed by atoms with Gasteiger partial charge < -0.3 is 4.42 Å². The van der Waals surface area contributed by atoms with Gasteiger partial charge in [-0.05, 0) is 17.7 Å². The number of hydrogen-bond acceptors (Lipinski definition) is 3. The Labute approximate surface area is 82.9 Å². The van der Waals surface area contributed by atoms with E-state index in [0.717, 1.165) is 16.4 Å². The van der Waals surface area contributed by atoms with Gasteiger partial charge in [0.15, 0.2) is 5.58 Å². The third-order valence-corrected chi connectivity index (χ3v) is 2.37. The lowest BCUT2D eigenvalue weighted by atomic mass is 10.2. The number of carbonyl (C=O) groups is 1. The topological polar surface area (TPSA) is 43.1 Å². The predicted molar refractivity (Wildman–Crippen MR) is 52.0 cm³/mol. The Kier molecular flexibility index (Phi) is 2.14. The van der Waals surface area contributed by atoms with E-state index in [1.807, 2.05) is 18.2 Å². The zero-order valence-corrected chi connectivity index (χ0v) is 8.24. The summed E-state index contributed by atoms with van der Waals surface area (Å²) in [6, 6.07) is 5.63. The van der Waals surface area contributed by atoms with Gasteiger partial charge in [0.2, 0.25) is 6.29 Å². The molecule has 1 heterocycles. The maximum Gasteiger partial charge on any atom is 0.260 e. The quantitative estimate of drug-likeness (QED) is 0.598. The third kappa shape index (κ3) is 1.49. The maximum absolute atomic E-state index is 10.4. The van der Waals surface area contributed by atoms with Crippen LogP contribution in [0.5, 0.6) is 0 Å². The molecule has 66 valence electrons. The van der Waals surface area contributed by atoms with Crippen LogP contribution in [0, 0.1) is 0 Å².